The third kappa shape index (κ3) is 2.99. The van der Waals surface area contributed by atoms with Gasteiger partial charge in [-0.25, -0.2) is 4.79 Å². The van der Waals surface area contributed by atoms with Crippen molar-refractivity contribution in [1.82, 2.24) is 5.16 Å². The number of carboxylic acids is 1. The van der Waals surface area contributed by atoms with Gasteiger partial charge in [0.2, 0.25) is 5.76 Å². The number of hydrogen-bond donors (Lipinski definition) is 1. The fraction of sp³-hybridized carbons (Fsp3) is 0.333. The van der Waals surface area contributed by atoms with Crippen molar-refractivity contribution in [2.75, 3.05) is 13.7 Å². The number of carboxylic acid groups (broad SMARTS) is 1. The first-order chi connectivity index (χ1) is 10.2. The average Bonchev–Trinajstić information content (AvgIpc) is 3.18. The Labute approximate surface area is 121 Å². The molecule has 110 valence electrons. The van der Waals surface area contributed by atoms with Gasteiger partial charge in [-0.15, -0.1) is 0 Å². The fourth-order valence-electron chi connectivity index (χ4n) is 1.95. The van der Waals surface area contributed by atoms with Crippen LogP contribution in [0.4, 0.5) is 0 Å². The molecule has 0 spiro atoms. The van der Waals surface area contributed by atoms with Crippen LogP contribution in [-0.2, 0) is 0 Å². The molecule has 1 aromatic heterocycles. The second-order valence-electron chi connectivity index (χ2n) is 5.00. The lowest BCUT2D eigenvalue weighted by atomic mass is 10.1. The van der Waals surface area contributed by atoms with E-state index in [9.17, 15) is 4.79 Å². The molecule has 1 heterocycles. The molecule has 0 bridgehead atoms. The minimum absolute atomic E-state index is 0.196. The van der Waals surface area contributed by atoms with Crippen LogP contribution in [-0.4, -0.2) is 29.9 Å². The molecule has 0 radical (unpaired) electrons. The van der Waals surface area contributed by atoms with Gasteiger partial charge in [0, 0.05) is 11.6 Å². The van der Waals surface area contributed by atoms with E-state index in [-0.39, 0.29) is 5.76 Å². The lowest BCUT2D eigenvalue weighted by Gasteiger charge is -2.11. The third-order valence-corrected chi connectivity index (χ3v) is 3.35. The van der Waals surface area contributed by atoms with Crippen molar-refractivity contribution >= 4 is 5.97 Å². The van der Waals surface area contributed by atoms with Crippen LogP contribution in [0.25, 0.3) is 11.3 Å². The molecule has 1 aromatic carbocycles. The first kappa shape index (κ1) is 13.5. The Bertz CT molecular complexity index is 660. The van der Waals surface area contributed by atoms with Crippen molar-refractivity contribution in [2.24, 2.45) is 5.92 Å². The summed E-state index contributed by atoms with van der Waals surface area (Å²) in [5, 5.41) is 12.6. The zero-order valence-corrected chi connectivity index (χ0v) is 11.5. The maximum atomic E-state index is 10.8. The van der Waals surface area contributed by atoms with Gasteiger partial charge in [0.15, 0.2) is 11.5 Å². The third-order valence-electron chi connectivity index (χ3n) is 3.35. The highest BCUT2D eigenvalue weighted by atomic mass is 16.5. The standard InChI is InChI=1S/C15H15NO5/c1-19-13-6-10(11-7-14(15(17)18)21-16-11)4-5-12(13)20-8-9-2-3-9/h4-7,9H,2-3,8H2,1H3,(H,17,18). The fourth-order valence-corrected chi connectivity index (χ4v) is 1.95. The number of aromatic nitrogens is 1. The number of benzene rings is 1. The molecule has 0 amide bonds. The van der Waals surface area contributed by atoms with Crippen molar-refractivity contribution in [1.29, 1.82) is 0 Å². The molecule has 21 heavy (non-hydrogen) atoms. The van der Waals surface area contributed by atoms with E-state index in [2.05, 4.69) is 5.16 Å². The van der Waals surface area contributed by atoms with Gasteiger partial charge >= 0.3 is 5.97 Å². The molecular formula is C15H15NO5. The van der Waals surface area contributed by atoms with Gasteiger partial charge in [-0.2, -0.15) is 0 Å². The van der Waals surface area contributed by atoms with Crippen LogP contribution in [0.3, 0.4) is 0 Å². The predicted octanol–water partition coefficient (Wildman–Crippen LogP) is 2.84. The van der Waals surface area contributed by atoms with Crippen LogP contribution in [0, 0.1) is 5.92 Å². The lowest BCUT2D eigenvalue weighted by Crippen LogP contribution is -2.00. The monoisotopic (exact) mass is 289 g/mol. The van der Waals surface area contributed by atoms with Crippen LogP contribution in [0.2, 0.25) is 0 Å². The number of rotatable bonds is 6. The van der Waals surface area contributed by atoms with Gasteiger partial charge in [0.25, 0.3) is 0 Å². The molecule has 1 aliphatic carbocycles. The quantitative estimate of drug-likeness (QED) is 0.880. The topological polar surface area (TPSA) is 81.8 Å². The number of nitrogens with zero attached hydrogens (tertiary/aromatic N) is 1. The summed E-state index contributed by atoms with van der Waals surface area (Å²) in [5.74, 6) is 0.578. The first-order valence-electron chi connectivity index (χ1n) is 6.68. The summed E-state index contributed by atoms with van der Waals surface area (Å²) in [5.41, 5.74) is 1.15. The molecule has 1 aliphatic rings. The van der Waals surface area contributed by atoms with Crippen molar-refractivity contribution < 1.29 is 23.9 Å². The first-order valence-corrected chi connectivity index (χ1v) is 6.68. The molecule has 1 fully saturated rings. The minimum atomic E-state index is -1.15. The smallest absolute Gasteiger partial charge is 0.374 e. The average molecular weight is 289 g/mol. The summed E-state index contributed by atoms with van der Waals surface area (Å²) in [4.78, 5) is 10.8. The highest BCUT2D eigenvalue weighted by Crippen LogP contribution is 2.35. The maximum absolute atomic E-state index is 10.8. The summed E-state index contributed by atoms with van der Waals surface area (Å²) >= 11 is 0. The number of methoxy groups -OCH3 is 1. The van der Waals surface area contributed by atoms with Crippen LogP contribution in [0.15, 0.2) is 28.8 Å². The van der Waals surface area contributed by atoms with Crippen molar-refractivity contribution in [3.05, 3.63) is 30.0 Å². The molecule has 0 atom stereocenters. The van der Waals surface area contributed by atoms with E-state index in [1.54, 1.807) is 25.3 Å². The van der Waals surface area contributed by atoms with Crippen molar-refractivity contribution in [3.8, 4) is 22.8 Å². The summed E-state index contributed by atoms with van der Waals surface area (Å²) < 4.78 is 15.8. The normalized spacial score (nSPS) is 14.0. The van der Waals surface area contributed by atoms with Gasteiger partial charge in [0.05, 0.1) is 13.7 Å². The van der Waals surface area contributed by atoms with Crippen LogP contribution in [0.1, 0.15) is 23.4 Å². The second kappa shape index (κ2) is 5.47. The van der Waals surface area contributed by atoms with E-state index < -0.39 is 5.97 Å². The molecule has 2 aromatic rings. The van der Waals surface area contributed by atoms with E-state index in [4.69, 9.17) is 19.1 Å². The highest BCUT2D eigenvalue weighted by molar-refractivity contribution is 5.85. The Morgan fingerprint density at radius 3 is 2.81 bits per heavy atom. The Balaban J connectivity index is 1.83. The van der Waals surface area contributed by atoms with E-state index in [0.717, 1.165) is 0 Å². The Hall–Kier alpha value is -2.50. The van der Waals surface area contributed by atoms with E-state index in [1.807, 2.05) is 0 Å². The van der Waals surface area contributed by atoms with Gasteiger partial charge in [-0.05, 0) is 37.0 Å². The molecule has 0 aliphatic heterocycles. The molecular weight excluding hydrogens is 274 g/mol. The maximum Gasteiger partial charge on any atom is 0.374 e. The van der Waals surface area contributed by atoms with Gasteiger partial charge in [0.1, 0.15) is 5.69 Å². The van der Waals surface area contributed by atoms with Crippen LogP contribution >= 0.6 is 0 Å². The zero-order chi connectivity index (χ0) is 14.8. The molecule has 0 unspecified atom stereocenters. The SMILES string of the molecule is COc1cc(-c2cc(C(=O)O)on2)ccc1OCC1CC1. The lowest BCUT2D eigenvalue weighted by molar-refractivity contribution is 0.0652. The largest absolute Gasteiger partial charge is 0.493 e. The molecule has 6 heteroatoms. The number of carbonyl (C=O) groups is 1. The van der Waals surface area contributed by atoms with E-state index in [0.29, 0.717) is 35.3 Å². The summed E-state index contributed by atoms with van der Waals surface area (Å²) in [6.07, 6.45) is 2.44. The Morgan fingerprint density at radius 1 is 1.38 bits per heavy atom. The molecule has 6 nitrogen and oxygen atoms in total. The van der Waals surface area contributed by atoms with Gasteiger partial charge in [-0.3, -0.25) is 0 Å². The molecule has 0 saturated heterocycles. The molecule has 1 saturated carbocycles. The van der Waals surface area contributed by atoms with E-state index in [1.165, 1.54) is 18.9 Å². The van der Waals surface area contributed by atoms with Crippen molar-refractivity contribution in [3.63, 3.8) is 0 Å². The van der Waals surface area contributed by atoms with Gasteiger partial charge in [-0.1, -0.05) is 5.16 Å². The predicted molar refractivity (Wildman–Crippen MR) is 73.7 cm³/mol. The van der Waals surface area contributed by atoms with Crippen molar-refractivity contribution in [2.45, 2.75) is 12.8 Å². The Kier molecular flexibility index (Phi) is 3.51. The summed E-state index contributed by atoms with van der Waals surface area (Å²) in [6.45, 7) is 0.697. The molecule has 3 rings (SSSR count). The summed E-state index contributed by atoms with van der Waals surface area (Å²) in [7, 11) is 1.56. The highest BCUT2D eigenvalue weighted by Gasteiger charge is 2.22. The number of hydrogen-bond acceptors (Lipinski definition) is 5. The summed E-state index contributed by atoms with van der Waals surface area (Å²) in [6, 6.07) is 6.73. The van der Waals surface area contributed by atoms with E-state index >= 15 is 0 Å². The van der Waals surface area contributed by atoms with Crippen LogP contribution < -0.4 is 9.47 Å². The number of ether oxygens (including phenoxy) is 2. The molecule has 1 N–H and O–H groups in total. The number of aromatic carboxylic acids is 1. The zero-order valence-electron chi connectivity index (χ0n) is 11.5. The Morgan fingerprint density at radius 2 is 2.19 bits per heavy atom. The van der Waals surface area contributed by atoms with Crippen LogP contribution in [0.5, 0.6) is 11.5 Å². The minimum Gasteiger partial charge on any atom is -0.493 e. The second-order valence-corrected chi connectivity index (χ2v) is 5.00. The van der Waals surface area contributed by atoms with Gasteiger partial charge < -0.3 is 19.1 Å².